The van der Waals surface area contributed by atoms with Gasteiger partial charge in [0.2, 0.25) is 11.8 Å². The van der Waals surface area contributed by atoms with Crippen molar-refractivity contribution in [2.24, 2.45) is 0 Å². The summed E-state index contributed by atoms with van der Waals surface area (Å²) in [5, 5.41) is 11.7. The van der Waals surface area contributed by atoms with Gasteiger partial charge in [-0.1, -0.05) is 12.1 Å². The molecule has 7 heteroatoms. The zero-order chi connectivity index (χ0) is 16.7. The average molecular weight is 316 g/mol. The van der Waals surface area contributed by atoms with Gasteiger partial charge in [0.15, 0.2) is 0 Å². The van der Waals surface area contributed by atoms with Crippen LogP contribution in [0.5, 0.6) is 0 Å². The number of carbonyl (C=O) groups is 2. The Labute approximate surface area is 135 Å². The molecule has 0 radical (unpaired) electrons. The van der Waals surface area contributed by atoms with Crippen molar-refractivity contribution in [3.05, 3.63) is 29.8 Å². The second-order valence-corrected chi connectivity index (χ2v) is 5.37. The van der Waals surface area contributed by atoms with Crippen molar-refractivity contribution in [1.82, 2.24) is 9.80 Å². The van der Waals surface area contributed by atoms with Crippen LogP contribution in [0.15, 0.2) is 24.3 Å². The van der Waals surface area contributed by atoms with Gasteiger partial charge in [0.25, 0.3) is 0 Å². The Morgan fingerprint density at radius 1 is 1.30 bits per heavy atom. The largest absolute Gasteiger partial charge is 0.378 e. The number of benzene rings is 1. The van der Waals surface area contributed by atoms with Gasteiger partial charge in [-0.3, -0.25) is 14.5 Å². The number of ether oxygens (including phenoxy) is 1. The normalized spacial score (nSPS) is 14.4. The van der Waals surface area contributed by atoms with E-state index in [1.807, 2.05) is 6.07 Å². The predicted molar refractivity (Wildman–Crippen MR) is 84.7 cm³/mol. The number of amides is 2. The second-order valence-electron chi connectivity index (χ2n) is 5.37. The van der Waals surface area contributed by atoms with Crippen LogP contribution in [0.4, 0.5) is 5.69 Å². The summed E-state index contributed by atoms with van der Waals surface area (Å²) in [6, 6.07) is 8.83. The minimum atomic E-state index is -0.259. The first-order chi connectivity index (χ1) is 11.1. The zero-order valence-corrected chi connectivity index (χ0v) is 13.1. The summed E-state index contributed by atoms with van der Waals surface area (Å²) in [5.41, 5.74) is 0.890. The van der Waals surface area contributed by atoms with E-state index in [1.165, 1.54) is 0 Å². The highest BCUT2D eigenvalue weighted by atomic mass is 16.5. The third-order valence-electron chi connectivity index (χ3n) is 3.50. The van der Waals surface area contributed by atoms with E-state index < -0.39 is 0 Å². The molecule has 1 fully saturated rings. The molecule has 0 aliphatic carbocycles. The van der Waals surface area contributed by atoms with Crippen LogP contribution in [-0.2, 0) is 14.3 Å². The number of hydrogen-bond donors (Lipinski definition) is 1. The van der Waals surface area contributed by atoms with Crippen molar-refractivity contribution in [2.75, 3.05) is 51.8 Å². The van der Waals surface area contributed by atoms with Crippen LogP contribution >= 0.6 is 0 Å². The molecule has 0 spiro atoms. The summed E-state index contributed by atoms with van der Waals surface area (Å²) < 4.78 is 5.21. The van der Waals surface area contributed by atoms with Crippen molar-refractivity contribution < 1.29 is 14.3 Å². The van der Waals surface area contributed by atoms with Gasteiger partial charge in [0.05, 0.1) is 37.6 Å². The highest BCUT2D eigenvalue weighted by Gasteiger charge is 2.19. The number of nitriles is 1. The van der Waals surface area contributed by atoms with Crippen LogP contribution in [0, 0.1) is 11.3 Å². The number of rotatable bonds is 5. The first kappa shape index (κ1) is 16.9. The van der Waals surface area contributed by atoms with Gasteiger partial charge in [0, 0.05) is 13.1 Å². The Morgan fingerprint density at radius 3 is 2.70 bits per heavy atom. The van der Waals surface area contributed by atoms with Crippen LogP contribution in [-0.4, -0.2) is 68.1 Å². The van der Waals surface area contributed by atoms with Gasteiger partial charge >= 0.3 is 0 Å². The highest BCUT2D eigenvalue weighted by molar-refractivity contribution is 5.93. The maximum absolute atomic E-state index is 12.1. The van der Waals surface area contributed by atoms with E-state index in [4.69, 9.17) is 10.00 Å². The second kappa shape index (κ2) is 8.27. The van der Waals surface area contributed by atoms with E-state index in [1.54, 1.807) is 41.1 Å². The highest BCUT2D eigenvalue weighted by Crippen LogP contribution is 2.13. The number of para-hydroxylation sites is 1. The number of hydrogen-bond acceptors (Lipinski definition) is 5. The van der Waals surface area contributed by atoms with Crippen LogP contribution in [0.25, 0.3) is 0 Å². The van der Waals surface area contributed by atoms with E-state index in [2.05, 4.69) is 5.32 Å². The fourth-order valence-electron chi connectivity index (χ4n) is 2.32. The third kappa shape index (κ3) is 5.06. The Morgan fingerprint density at radius 2 is 2.00 bits per heavy atom. The lowest BCUT2D eigenvalue weighted by atomic mass is 10.2. The molecular formula is C16H20N4O3. The molecule has 23 heavy (non-hydrogen) atoms. The third-order valence-corrected chi connectivity index (χ3v) is 3.50. The number of carbonyl (C=O) groups excluding carboxylic acids is 2. The van der Waals surface area contributed by atoms with Gasteiger partial charge in [-0.05, 0) is 19.2 Å². The van der Waals surface area contributed by atoms with Crippen molar-refractivity contribution in [1.29, 1.82) is 5.26 Å². The molecule has 2 rings (SSSR count). The molecule has 1 aromatic carbocycles. The first-order valence-electron chi connectivity index (χ1n) is 7.43. The summed E-state index contributed by atoms with van der Waals surface area (Å²) in [5.74, 6) is -0.272. The smallest absolute Gasteiger partial charge is 0.238 e. The van der Waals surface area contributed by atoms with Crippen LogP contribution in [0.3, 0.4) is 0 Å². The molecule has 0 saturated carbocycles. The summed E-state index contributed by atoms with van der Waals surface area (Å²) in [4.78, 5) is 27.5. The molecule has 1 aliphatic rings. The minimum Gasteiger partial charge on any atom is -0.378 e. The lowest BCUT2D eigenvalue weighted by Gasteiger charge is -2.28. The van der Waals surface area contributed by atoms with Crippen LogP contribution < -0.4 is 5.32 Å². The molecule has 0 unspecified atom stereocenters. The van der Waals surface area contributed by atoms with E-state index in [0.29, 0.717) is 37.6 Å². The summed E-state index contributed by atoms with van der Waals surface area (Å²) in [7, 11) is 1.72. The molecule has 1 aliphatic heterocycles. The standard InChI is InChI=1S/C16H20N4O3/c1-19(12-16(22)20-6-8-23-9-7-20)11-15(21)18-14-5-3-2-4-13(14)10-17/h2-5H,6-9,11-12H2,1H3,(H,18,21). The maximum Gasteiger partial charge on any atom is 0.238 e. The van der Waals surface area contributed by atoms with Crippen LogP contribution in [0.1, 0.15) is 5.56 Å². The van der Waals surface area contributed by atoms with Crippen molar-refractivity contribution in [3.63, 3.8) is 0 Å². The van der Waals surface area contributed by atoms with Gasteiger partial charge < -0.3 is 15.0 Å². The van der Waals surface area contributed by atoms with E-state index in [-0.39, 0.29) is 24.9 Å². The fraction of sp³-hybridized carbons (Fsp3) is 0.438. The summed E-state index contributed by atoms with van der Waals surface area (Å²) in [6.07, 6.45) is 0. The quantitative estimate of drug-likeness (QED) is 0.844. The van der Waals surface area contributed by atoms with E-state index in [9.17, 15) is 9.59 Å². The monoisotopic (exact) mass is 316 g/mol. The topological polar surface area (TPSA) is 85.7 Å². The number of nitrogens with one attached hydrogen (secondary N) is 1. The molecule has 7 nitrogen and oxygen atoms in total. The number of morpholine rings is 1. The fourth-order valence-corrected chi connectivity index (χ4v) is 2.32. The Hall–Kier alpha value is -2.43. The van der Waals surface area contributed by atoms with Crippen molar-refractivity contribution in [2.45, 2.75) is 0 Å². The van der Waals surface area contributed by atoms with Crippen LogP contribution in [0.2, 0.25) is 0 Å². The van der Waals surface area contributed by atoms with Gasteiger partial charge in [-0.2, -0.15) is 5.26 Å². The van der Waals surface area contributed by atoms with Gasteiger partial charge in [-0.25, -0.2) is 0 Å². The molecule has 0 bridgehead atoms. The summed E-state index contributed by atoms with van der Waals surface area (Å²) >= 11 is 0. The lowest BCUT2D eigenvalue weighted by molar-refractivity contribution is -0.136. The van der Waals surface area contributed by atoms with Gasteiger partial charge in [0.1, 0.15) is 6.07 Å². The summed E-state index contributed by atoms with van der Waals surface area (Å²) in [6.45, 7) is 2.55. The van der Waals surface area contributed by atoms with Gasteiger partial charge in [-0.15, -0.1) is 0 Å². The SMILES string of the molecule is CN(CC(=O)Nc1ccccc1C#N)CC(=O)N1CCOCC1. The molecule has 2 amide bonds. The number of anilines is 1. The van der Waals surface area contributed by atoms with Crippen molar-refractivity contribution in [3.8, 4) is 6.07 Å². The predicted octanol–water partition coefficient (Wildman–Crippen LogP) is 0.287. The Bertz CT molecular complexity index is 606. The molecule has 1 N–H and O–H groups in total. The molecule has 1 aromatic rings. The maximum atomic E-state index is 12.1. The van der Waals surface area contributed by atoms with E-state index >= 15 is 0 Å². The molecule has 122 valence electrons. The zero-order valence-electron chi connectivity index (χ0n) is 13.1. The van der Waals surface area contributed by atoms with Crippen molar-refractivity contribution >= 4 is 17.5 Å². The number of nitrogens with zero attached hydrogens (tertiary/aromatic N) is 3. The Balaban J connectivity index is 1.82. The Kier molecular flexibility index (Phi) is 6.09. The molecule has 1 heterocycles. The molecule has 1 saturated heterocycles. The van der Waals surface area contributed by atoms with E-state index in [0.717, 1.165) is 0 Å². The lowest BCUT2D eigenvalue weighted by Crippen LogP contribution is -2.46. The molecular weight excluding hydrogens is 296 g/mol. The minimum absolute atomic E-state index is 0.0129. The number of likely N-dealkylation sites (N-methyl/N-ethyl adjacent to an activating group) is 1. The molecule has 0 atom stereocenters. The average Bonchev–Trinajstić information content (AvgIpc) is 2.55. The molecule has 0 aromatic heterocycles. The first-order valence-corrected chi connectivity index (χ1v) is 7.43.